The third-order valence-corrected chi connectivity index (χ3v) is 6.22. The molecule has 0 radical (unpaired) electrons. The molecule has 1 heterocycles. The van der Waals surface area contributed by atoms with Crippen LogP contribution < -0.4 is 5.32 Å². The van der Waals surface area contributed by atoms with Crippen LogP contribution in [0, 0.1) is 0 Å². The second kappa shape index (κ2) is 9.05. The first kappa shape index (κ1) is 21.7. The van der Waals surface area contributed by atoms with Crippen molar-refractivity contribution < 1.29 is 4.79 Å². The number of hydrogen-bond acceptors (Lipinski definition) is 2. The molecule has 1 amide bonds. The van der Waals surface area contributed by atoms with E-state index in [1.165, 1.54) is 5.56 Å². The quantitative estimate of drug-likeness (QED) is 0.487. The van der Waals surface area contributed by atoms with Crippen molar-refractivity contribution in [3.05, 3.63) is 48.0 Å². The molecule has 1 aliphatic rings. The van der Waals surface area contributed by atoms with Gasteiger partial charge in [0.15, 0.2) is 0 Å². The Morgan fingerprint density at radius 2 is 1.85 bits per heavy atom. The monoisotopic (exact) mass is 370 g/mol. The van der Waals surface area contributed by atoms with E-state index < -0.39 is 0 Å². The SMILES string of the molecule is C=C(CCCCC)C(=O)NC1CCC(C)(C)N(Cc2ccccc2)C1(C)C. The molecule has 1 unspecified atom stereocenters. The Morgan fingerprint density at radius 1 is 1.19 bits per heavy atom. The number of piperidine rings is 1. The minimum Gasteiger partial charge on any atom is -0.348 e. The zero-order valence-electron chi connectivity index (χ0n) is 18.0. The minimum absolute atomic E-state index is 0.0311. The molecule has 27 heavy (non-hydrogen) atoms. The molecule has 3 nitrogen and oxygen atoms in total. The van der Waals surface area contributed by atoms with E-state index in [9.17, 15) is 4.79 Å². The van der Waals surface area contributed by atoms with Crippen molar-refractivity contribution in [2.75, 3.05) is 0 Å². The van der Waals surface area contributed by atoms with Crippen LogP contribution in [0.25, 0.3) is 0 Å². The lowest BCUT2D eigenvalue weighted by Gasteiger charge is -2.56. The van der Waals surface area contributed by atoms with Crippen molar-refractivity contribution in [2.45, 2.75) is 96.8 Å². The Hall–Kier alpha value is -1.61. The summed E-state index contributed by atoms with van der Waals surface area (Å²) in [5.74, 6) is 0.0311. The van der Waals surface area contributed by atoms with E-state index in [-0.39, 0.29) is 23.0 Å². The lowest BCUT2D eigenvalue weighted by atomic mass is 9.75. The number of carbonyl (C=O) groups excluding carboxylic acids is 1. The van der Waals surface area contributed by atoms with Crippen LogP contribution in [0.2, 0.25) is 0 Å². The van der Waals surface area contributed by atoms with Crippen LogP contribution >= 0.6 is 0 Å². The molecule has 0 bridgehead atoms. The van der Waals surface area contributed by atoms with Crippen molar-refractivity contribution in [2.24, 2.45) is 0 Å². The summed E-state index contributed by atoms with van der Waals surface area (Å²) in [6, 6.07) is 10.7. The Kier molecular flexibility index (Phi) is 7.27. The predicted octanol–water partition coefficient (Wildman–Crippen LogP) is 5.46. The summed E-state index contributed by atoms with van der Waals surface area (Å²) in [7, 11) is 0. The van der Waals surface area contributed by atoms with E-state index in [0.717, 1.165) is 50.6 Å². The van der Waals surface area contributed by atoms with Crippen LogP contribution in [0.5, 0.6) is 0 Å². The van der Waals surface area contributed by atoms with Gasteiger partial charge in [-0.2, -0.15) is 0 Å². The Balaban J connectivity index is 2.10. The van der Waals surface area contributed by atoms with Gasteiger partial charge in [0.2, 0.25) is 5.91 Å². The summed E-state index contributed by atoms with van der Waals surface area (Å²) in [5, 5.41) is 3.31. The molecule has 1 saturated heterocycles. The summed E-state index contributed by atoms with van der Waals surface area (Å²) < 4.78 is 0. The molecule has 1 N–H and O–H groups in total. The number of likely N-dealkylation sites (tertiary alicyclic amines) is 1. The molecular formula is C24H38N2O. The summed E-state index contributed by atoms with van der Waals surface area (Å²) >= 11 is 0. The average molecular weight is 371 g/mol. The maximum absolute atomic E-state index is 12.7. The first-order chi connectivity index (χ1) is 12.7. The van der Waals surface area contributed by atoms with Crippen molar-refractivity contribution in [1.29, 1.82) is 0 Å². The highest BCUT2D eigenvalue weighted by molar-refractivity contribution is 5.93. The number of benzene rings is 1. The van der Waals surface area contributed by atoms with Gasteiger partial charge in [-0.3, -0.25) is 9.69 Å². The first-order valence-electron chi connectivity index (χ1n) is 10.5. The zero-order chi connectivity index (χ0) is 20.1. The molecule has 0 aromatic heterocycles. The highest BCUT2D eigenvalue weighted by Crippen LogP contribution is 2.39. The highest BCUT2D eigenvalue weighted by Gasteiger charge is 2.47. The molecule has 2 rings (SSSR count). The summed E-state index contributed by atoms with van der Waals surface area (Å²) in [4.78, 5) is 15.2. The van der Waals surface area contributed by atoms with E-state index >= 15 is 0 Å². The molecule has 0 aliphatic carbocycles. The van der Waals surface area contributed by atoms with Gasteiger partial charge in [-0.25, -0.2) is 0 Å². The summed E-state index contributed by atoms with van der Waals surface area (Å²) in [6.07, 6.45) is 6.22. The highest BCUT2D eigenvalue weighted by atomic mass is 16.1. The molecular weight excluding hydrogens is 332 g/mol. The molecule has 1 aliphatic heterocycles. The fourth-order valence-corrected chi connectivity index (χ4v) is 4.35. The molecule has 3 heteroatoms. The number of amides is 1. The van der Waals surface area contributed by atoms with Crippen LogP contribution in [-0.4, -0.2) is 27.9 Å². The van der Waals surface area contributed by atoms with Gasteiger partial charge in [-0.1, -0.05) is 56.7 Å². The van der Waals surface area contributed by atoms with Gasteiger partial charge >= 0.3 is 0 Å². The maximum Gasteiger partial charge on any atom is 0.246 e. The van der Waals surface area contributed by atoms with Gasteiger partial charge < -0.3 is 5.32 Å². The summed E-state index contributed by atoms with van der Waals surface area (Å²) in [6.45, 7) is 16.3. The lowest BCUT2D eigenvalue weighted by Crippen LogP contribution is -2.67. The topological polar surface area (TPSA) is 32.3 Å². The smallest absolute Gasteiger partial charge is 0.246 e. The van der Waals surface area contributed by atoms with E-state index in [1.54, 1.807) is 0 Å². The Morgan fingerprint density at radius 3 is 2.48 bits per heavy atom. The average Bonchev–Trinajstić information content (AvgIpc) is 2.62. The van der Waals surface area contributed by atoms with Gasteiger partial charge in [0.05, 0.1) is 0 Å². The van der Waals surface area contributed by atoms with Gasteiger partial charge in [-0.15, -0.1) is 0 Å². The molecule has 150 valence electrons. The number of rotatable bonds is 8. The van der Waals surface area contributed by atoms with Crippen molar-refractivity contribution >= 4 is 5.91 Å². The minimum atomic E-state index is -0.128. The molecule has 1 aromatic carbocycles. The van der Waals surface area contributed by atoms with Crippen LogP contribution in [0.4, 0.5) is 0 Å². The molecule has 0 spiro atoms. The Labute approximate surface area is 166 Å². The largest absolute Gasteiger partial charge is 0.348 e. The van der Waals surface area contributed by atoms with Gasteiger partial charge in [-0.05, 0) is 58.9 Å². The number of nitrogens with one attached hydrogen (secondary N) is 1. The standard InChI is InChI=1S/C24H38N2O/c1-7-8-10-13-19(2)22(27)25-21-16-17-23(3,4)26(24(21,5)6)18-20-14-11-9-12-15-20/h9,11-12,14-15,21H,2,7-8,10,13,16-18H2,1,3-6H3,(H,25,27). The fraction of sp³-hybridized carbons (Fsp3) is 0.625. The maximum atomic E-state index is 12.7. The fourth-order valence-electron chi connectivity index (χ4n) is 4.35. The van der Waals surface area contributed by atoms with Crippen LogP contribution in [0.15, 0.2) is 42.5 Å². The van der Waals surface area contributed by atoms with Crippen molar-refractivity contribution in [3.8, 4) is 0 Å². The van der Waals surface area contributed by atoms with Gasteiger partial charge in [0.1, 0.15) is 0 Å². The number of unbranched alkanes of at least 4 members (excludes halogenated alkanes) is 2. The van der Waals surface area contributed by atoms with Crippen LogP contribution in [0.1, 0.15) is 78.7 Å². The van der Waals surface area contributed by atoms with Crippen LogP contribution in [-0.2, 0) is 11.3 Å². The number of hydrogen-bond donors (Lipinski definition) is 1. The molecule has 1 aromatic rings. The number of nitrogens with zero attached hydrogens (tertiary/aromatic N) is 1. The second-order valence-corrected chi connectivity index (χ2v) is 9.16. The second-order valence-electron chi connectivity index (χ2n) is 9.16. The zero-order valence-corrected chi connectivity index (χ0v) is 18.0. The molecule has 1 fully saturated rings. The molecule has 0 saturated carbocycles. The van der Waals surface area contributed by atoms with Gasteiger partial charge in [0, 0.05) is 29.2 Å². The first-order valence-corrected chi connectivity index (χ1v) is 10.5. The third-order valence-electron chi connectivity index (χ3n) is 6.22. The van der Waals surface area contributed by atoms with E-state index in [2.05, 4.69) is 81.7 Å². The van der Waals surface area contributed by atoms with E-state index in [0.29, 0.717) is 0 Å². The normalized spacial score (nSPS) is 21.6. The predicted molar refractivity (Wildman–Crippen MR) is 115 cm³/mol. The van der Waals surface area contributed by atoms with E-state index in [4.69, 9.17) is 0 Å². The van der Waals surface area contributed by atoms with Gasteiger partial charge in [0.25, 0.3) is 0 Å². The number of carbonyl (C=O) groups is 1. The lowest BCUT2D eigenvalue weighted by molar-refractivity contribution is -0.122. The molecule has 1 atom stereocenters. The van der Waals surface area contributed by atoms with Crippen molar-refractivity contribution in [1.82, 2.24) is 10.2 Å². The van der Waals surface area contributed by atoms with Crippen LogP contribution in [0.3, 0.4) is 0 Å². The summed E-state index contributed by atoms with van der Waals surface area (Å²) in [5.41, 5.74) is 2.00. The Bertz CT molecular complexity index is 633. The third kappa shape index (κ3) is 5.44. The van der Waals surface area contributed by atoms with Crippen molar-refractivity contribution in [3.63, 3.8) is 0 Å². The van der Waals surface area contributed by atoms with E-state index in [1.807, 2.05) is 0 Å².